The number of ether oxygens (including phenoxy) is 1. The molecule has 2 rings (SSSR count). The zero-order valence-corrected chi connectivity index (χ0v) is 10.9. The molecule has 2 aromatic carbocycles. The summed E-state index contributed by atoms with van der Waals surface area (Å²) in [4.78, 5) is 12.1. The quantitative estimate of drug-likeness (QED) is 0.602. The van der Waals surface area contributed by atoms with Gasteiger partial charge >= 0.3 is 0 Å². The number of hydrogen-bond donors (Lipinski definition) is 0. The molecule has 0 amide bonds. The zero-order chi connectivity index (χ0) is 12.8. The lowest BCUT2D eigenvalue weighted by atomic mass is 10.2. The molecule has 3 heteroatoms. The van der Waals surface area contributed by atoms with Gasteiger partial charge in [-0.25, -0.2) is 0 Å². The van der Waals surface area contributed by atoms with Gasteiger partial charge in [-0.1, -0.05) is 30.3 Å². The van der Waals surface area contributed by atoms with E-state index in [-0.39, 0.29) is 0 Å². The fraction of sp³-hybridized carbons (Fsp3) is 0.133. The maximum absolute atomic E-state index is 11.0. The van der Waals surface area contributed by atoms with Crippen LogP contribution in [0.15, 0.2) is 53.4 Å². The van der Waals surface area contributed by atoms with Crippen molar-refractivity contribution in [3.8, 4) is 5.75 Å². The minimum absolute atomic E-state index is 0.473. The summed E-state index contributed by atoms with van der Waals surface area (Å²) >= 11 is 1.61. The number of rotatable bonds is 5. The maximum atomic E-state index is 11.0. The lowest BCUT2D eigenvalue weighted by Crippen LogP contribution is -1.98. The van der Waals surface area contributed by atoms with E-state index in [1.807, 2.05) is 54.8 Å². The van der Waals surface area contributed by atoms with Gasteiger partial charge in [-0.3, -0.25) is 4.79 Å². The van der Waals surface area contributed by atoms with Crippen LogP contribution in [0.5, 0.6) is 5.75 Å². The first-order valence-corrected chi connectivity index (χ1v) is 6.86. The van der Waals surface area contributed by atoms with Crippen LogP contribution in [-0.2, 0) is 6.61 Å². The molecule has 0 spiro atoms. The van der Waals surface area contributed by atoms with Crippen LogP contribution in [0.4, 0.5) is 0 Å². The van der Waals surface area contributed by atoms with Crippen molar-refractivity contribution in [2.24, 2.45) is 0 Å². The van der Waals surface area contributed by atoms with Gasteiger partial charge in [-0.05, 0) is 30.0 Å². The van der Waals surface area contributed by atoms with E-state index < -0.39 is 0 Å². The number of benzene rings is 2. The molecule has 2 aromatic rings. The molecule has 0 N–H and O–H groups in total. The number of hydrogen-bond acceptors (Lipinski definition) is 3. The molecule has 0 aromatic heterocycles. The number of thioether (sulfide) groups is 1. The molecule has 0 unspecified atom stereocenters. The van der Waals surface area contributed by atoms with Crippen LogP contribution in [0.1, 0.15) is 15.9 Å². The van der Waals surface area contributed by atoms with Gasteiger partial charge in [0, 0.05) is 4.90 Å². The fourth-order valence-corrected chi connectivity index (χ4v) is 2.06. The third-order valence-electron chi connectivity index (χ3n) is 2.58. The lowest BCUT2D eigenvalue weighted by molar-refractivity contribution is 0.111. The second-order valence-corrected chi connectivity index (χ2v) is 4.68. The Labute approximate surface area is 111 Å². The Morgan fingerprint density at radius 1 is 1.17 bits per heavy atom. The summed E-state index contributed by atoms with van der Waals surface area (Å²) in [7, 11) is 0. The van der Waals surface area contributed by atoms with Crippen LogP contribution in [0.3, 0.4) is 0 Å². The van der Waals surface area contributed by atoms with Crippen molar-refractivity contribution >= 4 is 18.0 Å². The third-order valence-corrected chi connectivity index (χ3v) is 3.31. The van der Waals surface area contributed by atoms with E-state index >= 15 is 0 Å². The van der Waals surface area contributed by atoms with E-state index in [1.54, 1.807) is 11.8 Å². The Kier molecular flexibility index (Phi) is 4.42. The second kappa shape index (κ2) is 6.26. The molecule has 0 saturated carbocycles. The second-order valence-electron chi connectivity index (χ2n) is 3.80. The van der Waals surface area contributed by atoms with Crippen LogP contribution < -0.4 is 4.74 Å². The number of aldehydes is 1. The summed E-state index contributed by atoms with van der Waals surface area (Å²) in [6.45, 7) is 0.473. The Hall–Kier alpha value is -1.74. The molecular formula is C15H14O2S. The minimum Gasteiger partial charge on any atom is -0.488 e. The molecule has 0 saturated heterocycles. The lowest BCUT2D eigenvalue weighted by Gasteiger charge is -2.09. The summed E-state index contributed by atoms with van der Waals surface area (Å²) in [5.41, 5.74) is 1.68. The first-order valence-electron chi connectivity index (χ1n) is 5.63. The van der Waals surface area contributed by atoms with E-state index in [0.29, 0.717) is 17.9 Å². The molecule has 18 heavy (non-hydrogen) atoms. The monoisotopic (exact) mass is 258 g/mol. The molecule has 0 bridgehead atoms. The van der Waals surface area contributed by atoms with Crippen LogP contribution >= 0.6 is 11.8 Å². The normalized spacial score (nSPS) is 10.1. The first-order chi connectivity index (χ1) is 8.83. The van der Waals surface area contributed by atoms with Gasteiger partial charge in [0.25, 0.3) is 0 Å². The van der Waals surface area contributed by atoms with Crippen molar-refractivity contribution in [3.63, 3.8) is 0 Å². The summed E-state index contributed by atoms with van der Waals surface area (Å²) in [5, 5.41) is 0. The first kappa shape index (κ1) is 12.7. The highest BCUT2D eigenvalue weighted by atomic mass is 32.2. The maximum Gasteiger partial charge on any atom is 0.153 e. The molecule has 0 heterocycles. The van der Waals surface area contributed by atoms with Crippen molar-refractivity contribution in [1.29, 1.82) is 0 Å². The molecule has 92 valence electrons. The van der Waals surface area contributed by atoms with E-state index in [9.17, 15) is 4.79 Å². The third kappa shape index (κ3) is 3.14. The topological polar surface area (TPSA) is 26.3 Å². The van der Waals surface area contributed by atoms with Gasteiger partial charge in [0.1, 0.15) is 12.4 Å². The molecule has 0 atom stereocenters. The molecule has 0 aliphatic heterocycles. The molecule has 0 fully saturated rings. The number of carbonyl (C=O) groups is 1. The van der Waals surface area contributed by atoms with Crippen LogP contribution in [-0.4, -0.2) is 12.5 Å². The van der Waals surface area contributed by atoms with Crippen molar-refractivity contribution in [2.75, 3.05) is 6.26 Å². The van der Waals surface area contributed by atoms with Crippen molar-refractivity contribution < 1.29 is 9.53 Å². The van der Waals surface area contributed by atoms with Gasteiger partial charge in [-0.2, -0.15) is 0 Å². The van der Waals surface area contributed by atoms with Gasteiger partial charge in [0.15, 0.2) is 6.29 Å². The predicted octanol–water partition coefficient (Wildman–Crippen LogP) is 3.80. The smallest absolute Gasteiger partial charge is 0.153 e. The summed E-state index contributed by atoms with van der Waals surface area (Å²) in [5.74, 6) is 0.631. The zero-order valence-electron chi connectivity index (χ0n) is 10.1. The van der Waals surface area contributed by atoms with Crippen LogP contribution in [0.25, 0.3) is 0 Å². The predicted molar refractivity (Wildman–Crippen MR) is 74.4 cm³/mol. The highest BCUT2D eigenvalue weighted by Crippen LogP contribution is 2.24. The summed E-state index contributed by atoms with van der Waals surface area (Å²) in [6.07, 6.45) is 2.81. The average Bonchev–Trinajstić information content (AvgIpc) is 2.46. The van der Waals surface area contributed by atoms with Crippen LogP contribution in [0, 0.1) is 0 Å². The SMILES string of the molecule is CSc1ccc(OCc2ccccc2)c(C=O)c1. The Bertz CT molecular complexity index is 523. The molecule has 0 radical (unpaired) electrons. The van der Waals surface area contributed by atoms with E-state index in [4.69, 9.17) is 4.74 Å². The molecular weight excluding hydrogens is 244 g/mol. The van der Waals surface area contributed by atoms with Gasteiger partial charge < -0.3 is 4.74 Å². The Morgan fingerprint density at radius 3 is 2.61 bits per heavy atom. The Morgan fingerprint density at radius 2 is 1.94 bits per heavy atom. The molecule has 2 nitrogen and oxygen atoms in total. The molecule has 0 aliphatic rings. The Balaban J connectivity index is 2.12. The van der Waals surface area contributed by atoms with Crippen LogP contribution in [0.2, 0.25) is 0 Å². The van der Waals surface area contributed by atoms with E-state index in [2.05, 4.69) is 0 Å². The number of carbonyl (C=O) groups excluding carboxylic acids is 1. The average molecular weight is 258 g/mol. The van der Waals surface area contributed by atoms with Gasteiger partial charge in [0.2, 0.25) is 0 Å². The van der Waals surface area contributed by atoms with E-state index in [0.717, 1.165) is 16.7 Å². The van der Waals surface area contributed by atoms with Crippen molar-refractivity contribution in [1.82, 2.24) is 0 Å². The van der Waals surface area contributed by atoms with E-state index in [1.165, 1.54) is 0 Å². The summed E-state index contributed by atoms with van der Waals surface area (Å²) < 4.78 is 5.67. The molecule has 0 aliphatic carbocycles. The van der Waals surface area contributed by atoms with Crippen molar-refractivity contribution in [3.05, 3.63) is 59.7 Å². The fourth-order valence-electron chi connectivity index (χ4n) is 1.61. The van der Waals surface area contributed by atoms with Gasteiger partial charge in [0.05, 0.1) is 5.56 Å². The largest absolute Gasteiger partial charge is 0.488 e. The van der Waals surface area contributed by atoms with Crippen molar-refractivity contribution in [2.45, 2.75) is 11.5 Å². The highest BCUT2D eigenvalue weighted by Gasteiger charge is 2.04. The summed E-state index contributed by atoms with van der Waals surface area (Å²) in [6, 6.07) is 15.5. The van der Waals surface area contributed by atoms with Gasteiger partial charge in [-0.15, -0.1) is 11.8 Å². The highest BCUT2D eigenvalue weighted by molar-refractivity contribution is 7.98. The standard InChI is InChI=1S/C15H14O2S/c1-18-14-7-8-15(13(9-14)10-16)17-11-12-5-3-2-4-6-12/h2-10H,11H2,1H3. The minimum atomic E-state index is 0.473.